The molecule has 0 radical (unpaired) electrons. The number of nitrogens with one attached hydrogen (secondary N) is 1. The summed E-state index contributed by atoms with van der Waals surface area (Å²) in [6.07, 6.45) is 0.391. The number of hydrazine groups is 1. The molecule has 94 valence electrons. The lowest BCUT2D eigenvalue weighted by atomic mass is 10.2. The Morgan fingerprint density at radius 3 is 2.82 bits per heavy atom. The summed E-state index contributed by atoms with van der Waals surface area (Å²) in [5, 5.41) is 0. The highest BCUT2D eigenvalue weighted by Gasteiger charge is 2.07. The number of hydrogen-bond donors (Lipinski definition) is 2. The summed E-state index contributed by atoms with van der Waals surface area (Å²) in [5.41, 5.74) is 3.22. The van der Waals surface area contributed by atoms with Gasteiger partial charge in [0.2, 0.25) is 5.91 Å². The summed E-state index contributed by atoms with van der Waals surface area (Å²) >= 11 is 0. The van der Waals surface area contributed by atoms with Crippen LogP contribution in [0.15, 0.2) is 24.3 Å². The Labute approximate surface area is 102 Å². The van der Waals surface area contributed by atoms with E-state index in [0.29, 0.717) is 13.0 Å². The zero-order valence-electron chi connectivity index (χ0n) is 10.3. The van der Waals surface area contributed by atoms with E-state index in [1.807, 2.05) is 36.2 Å². The van der Waals surface area contributed by atoms with Crippen LogP contribution in [0.1, 0.15) is 12.0 Å². The Morgan fingerprint density at radius 2 is 2.18 bits per heavy atom. The lowest BCUT2D eigenvalue weighted by Gasteiger charge is -2.17. The van der Waals surface area contributed by atoms with E-state index in [4.69, 9.17) is 10.6 Å². The van der Waals surface area contributed by atoms with Gasteiger partial charge < -0.3 is 9.64 Å². The summed E-state index contributed by atoms with van der Waals surface area (Å²) in [4.78, 5) is 13.1. The highest BCUT2D eigenvalue weighted by Crippen LogP contribution is 2.18. The molecule has 3 N–H and O–H groups in total. The van der Waals surface area contributed by atoms with Crippen LogP contribution in [0, 0.1) is 0 Å². The second-order valence-corrected chi connectivity index (χ2v) is 3.87. The Hall–Kier alpha value is -1.59. The Bertz CT molecular complexity index is 369. The van der Waals surface area contributed by atoms with Crippen molar-refractivity contribution in [2.75, 3.05) is 20.7 Å². The van der Waals surface area contributed by atoms with Gasteiger partial charge in [-0.05, 0) is 13.1 Å². The topological polar surface area (TPSA) is 67.6 Å². The number of hydrogen-bond acceptors (Lipinski definition) is 4. The van der Waals surface area contributed by atoms with E-state index in [1.54, 1.807) is 7.11 Å². The number of carbonyl (C=O) groups excluding carboxylic acids is 1. The fraction of sp³-hybridized carbons (Fsp3) is 0.417. The van der Waals surface area contributed by atoms with Gasteiger partial charge >= 0.3 is 0 Å². The van der Waals surface area contributed by atoms with Gasteiger partial charge in [0.05, 0.1) is 7.11 Å². The molecule has 0 aliphatic carbocycles. The molecule has 1 rings (SSSR count). The van der Waals surface area contributed by atoms with Crippen LogP contribution in [0.3, 0.4) is 0 Å². The van der Waals surface area contributed by atoms with Gasteiger partial charge in [0.15, 0.2) is 0 Å². The number of ether oxygens (including phenoxy) is 1. The van der Waals surface area contributed by atoms with Gasteiger partial charge in [0, 0.05) is 25.1 Å². The molecule has 0 spiro atoms. The number of methoxy groups -OCH3 is 1. The van der Waals surface area contributed by atoms with Crippen LogP contribution >= 0.6 is 0 Å². The van der Waals surface area contributed by atoms with E-state index < -0.39 is 0 Å². The molecule has 1 amide bonds. The van der Waals surface area contributed by atoms with Crippen molar-refractivity contribution in [2.24, 2.45) is 5.84 Å². The predicted molar refractivity (Wildman–Crippen MR) is 66.3 cm³/mol. The maximum atomic E-state index is 11.0. The monoisotopic (exact) mass is 237 g/mol. The molecule has 1 aromatic carbocycles. The summed E-state index contributed by atoms with van der Waals surface area (Å²) < 4.78 is 5.27. The molecule has 0 heterocycles. The molecular formula is C12H19N3O2. The molecule has 0 bridgehead atoms. The molecule has 0 aliphatic heterocycles. The second-order valence-electron chi connectivity index (χ2n) is 3.87. The summed E-state index contributed by atoms with van der Waals surface area (Å²) in [5.74, 6) is 5.73. The zero-order chi connectivity index (χ0) is 12.7. The molecule has 0 aromatic heterocycles. The lowest BCUT2D eigenvalue weighted by Crippen LogP contribution is -2.33. The fourth-order valence-corrected chi connectivity index (χ4v) is 1.57. The van der Waals surface area contributed by atoms with Crippen LogP contribution in [0.2, 0.25) is 0 Å². The van der Waals surface area contributed by atoms with Crippen LogP contribution in [-0.4, -0.2) is 31.5 Å². The van der Waals surface area contributed by atoms with Gasteiger partial charge in [0.25, 0.3) is 0 Å². The molecule has 17 heavy (non-hydrogen) atoms. The largest absolute Gasteiger partial charge is 0.496 e. The molecule has 0 saturated heterocycles. The standard InChI is InChI=1S/C12H19N3O2/c1-15(8-7-12(16)14-13)9-10-5-3-4-6-11(10)17-2/h3-6H,7-9,13H2,1-2H3,(H,14,16). The number of amides is 1. The van der Waals surface area contributed by atoms with E-state index in [0.717, 1.165) is 17.9 Å². The first-order valence-corrected chi connectivity index (χ1v) is 5.47. The molecule has 1 aromatic rings. The number of nitrogens with two attached hydrogens (primary N) is 1. The average Bonchev–Trinajstić information content (AvgIpc) is 2.36. The molecule has 0 unspecified atom stereocenters. The minimum absolute atomic E-state index is 0.156. The van der Waals surface area contributed by atoms with Crippen molar-refractivity contribution in [3.8, 4) is 5.75 Å². The number of nitrogens with zero attached hydrogens (tertiary/aromatic N) is 1. The van der Waals surface area contributed by atoms with Gasteiger partial charge in [-0.3, -0.25) is 10.2 Å². The van der Waals surface area contributed by atoms with Crippen LogP contribution < -0.4 is 16.0 Å². The number of carbonyl (C=O) groups is 1. The average molecular weight is 237 g/mol. The normalized spacial score (nSPS) is 10.4. The van der Waals surface area contributed by atoms with Crippen LogP contribution in [0.5, 0.6) is 5.75 Å². The van der Waals surface area contributed by atoms with Crippen molar-refractivity contribution in [2.45, 2.75) is 13.0 Å². The van der Waals surface area contributed by atoms with Gasteiger partial charge in [0.1, 0.15) is 5.75 Å². The number of benzene rings is 1. The molecule has 5 heteroatoms. The summed E-state index contributed by atoms with van der Waals surface area (Å²) in [7, 11) is 3.61. The van der Waals surface area contributed by atoms with Crippen molar-refractivity contribution >= 4 is 5.91 Å². The second kappa shape index (κ2) is 6.88. The minimum Gasteiger partial charge on any atom is -0.496 e. The lowest BCUT2D eigenvalue weighted by molar-refractivity contribution is -0.121. The first kappa shape index (κ1) is 13.5. The van der Waals surface area contributed by atoms with E-state index in [1.165, 1.54) is 0 Å². The minimum atomic E-state index is -0.156. The van der Waals surface area contributed by atoms with E-state index in [2.05, 4.69) is 5.43 Å². The van der Waals surface area contributed by atoms with Crippen LogP contribution in [-0.2, 0) is 11.3 Å². The van der Waals surface area contributed by atoms with Gasteiger partial charge in [-0.15, -0.1) is 0 Å². The third kappa shape index (κ3) is 4.42. The maximum Gasteiger partial charge on any atom is 0.235 e. The van der Waals surface area contributed by atoms with Crippen molar-refractivity contribution < 1.29 is 9.53 Å². The summed E-state index contributed by atoms with van der Waals surface area (Å²) in [6.45, 7) is 1.39. The molecule has 0 fully saturated rings. The third-order valence-electron chi connectivity index (χ3n) is 2.51. The van der Waals surface area contributed by atoms with Gasteiger partial charge in [-0.1, -0.05) is 18.2 Å². The van der Waals surface area contributed by atoms with E-state index in [9.17, 15) is 4.79 Å². The molecule has 5 nitrogen and oxygen atoms in total. The first-order chi connectivity index (χ1) is 8.17. The van der Waals surface area contributed by atoms with E-state index >= 15 is 0 Å². The maximum absolute atomic E-state index is 11.0. The van der Waals surface area contributed by atoms with Crippen LogP contribution in [0.4, 0.5) is 0 Å². The quantitative estimate of drug-likeness (QED) is 0.430. The molecule has 0 saturated carbocycles. The van der Waals surface area contributed by atoms with Crippen LogP contribution in [0.25, 0.3) is 0 Å². The number of para-hydroxylation sites is 1. The predicted octanol–water partition coefficient (Wildman–Crippen LogP) is 0.507. The zero-order valence-corrected chi connectivity index (χ0v) is 10.3. The summed E-state index contributed by atoms with van der Waals surface area (Å²) in [6, 6.07) is 7.84. The smallest absolute Gasteiger partial charge is 0.235 e. The molecule has 0 atom stereocenters. The Morgan fingerprint density at radius 1 is 1.47 bits per heavy atom. The molecular weight excluding hydrogens is 218 g/mol. The van der Waals surface area contributed by atoms with Crippen molar-refractivity contribution in [1.82, 2.24) is 10.3 Å². The van der Waals surface area contributed by atoms with Crippen molar-refractivity contribution in [3.05, 3.63) is 29.8 Å². The highest BCUT2D eigenvalue weighted by molar-refractivity contribution is 5.75. The first-order valence-electron chi connectivity index (χ1n) is 5.47. The fourth-order valence-electron chi connectivity index (χ4n) is 1.57. The van der Waals surface area contributed by atoms with Crippen molar-refractivity contribution in [1.29, 1.82) is 0 Å². The van der Waals surface area contributed by atoms with Gasteiger partial charge in [-0.25, -0.2) is 5.84 Å². The Kier molecular flexibility index (Phi) is 5.45. The number of rotatable bonds is 6. The van der Waals surface area contributed by atoms with E-state index in [-0.39, 0.29) is 5.91 Å². The van der Waals surface area contributed by atoms with Crippen molar-refractivity contribution in [3.63, 3.8) is 0 Å². The molecule has 0 aliphatic rings. The third-order valence-corrected chi connectivity index (χ3v) is 2.51. The van der Waals surface area contributed by atoms with Gasteiger partial charge in [-0.2, -0.15) is 0 Å². The highest BCUT2D eigenvalue weighted by atomic mass is 16.5. The Balaban J connectivity index is 2.50. The SMILES string of the molecule is COc1ccccc1CN(C)CCC(=O)NN.